The molecule has 38 heavy (non-hydrogen) atoms. The maximum Gasteiger partial charge on any atom is 0.417 e. The van der Waals surface area contributed by atoms with Gasteiger partial charge in [0.05, 0.1) is 5.56 Å². The molecule has 1 aliphatic rings. The molecular formula is C35H23F3. The van der Waals surface area contributed by atoms with Crippen LogP contribution < -0.4 is 0 Å². The molecular weight excluding hydrogens is 477 g/mol. The van der Waals surface area contributed by atoms with Crippen molar-refractivity contribution in [3.63, 3.8) is 0 Å². The van der Waals surface area contributed by atoms with Crippen molar-refractivity contribution in [1.82, 2.24) is 0 Å². The summed E-state index contributed by atoms with van der Waals surface area (Å²) in [5.74, 6) is 0. The van der Waals surface area contributed by atoms with Crippen LogP contribution in [0.5, 0.6) is 0 Å². The van der Waals surface area contributed by atoms with Crippen LogP contribution in [0.4, 0.5) is 13.2 Å². The topological polar surface area (TPSA) is 0 Å². The van der Waals surface area contributed by atoms with Gasteiger partial charge < -0.3 is 0 Å². The van der Waals surface area contributed by atoms with Crippen molar-refractivity contribution in [3.05, 3.63) is 108 Å². The second kappa shape index (κ2) is 7.70. The molecule has 0 amide bonds. The fourth-order valence-electron chi connectivity index (χ4n) is 6.98. The summed E-state index contributed by atoms with van der Waals surface area (Å²) in [6, 6.07) is 29.5. The van der Waals surface area contributed by atoms with E-state index in [4.69, 9.17) is 0 Å². The number of fused-ring (bicyclic) bond motifs is 5. The minimum atomic E-state index is -4.51. The van der Waals surface area contributed by atoms with E-state index < -0.39 is 11.7 Å². The maximum absolute atomic E-state index is 15.1. The standard InChI is InChI=1S/C35H23F3/c36-35(37,38)34-28-17-15-22-8-5-7-21-12-13-23(33(28)32(21)22)18-31(34)30-19-29-24-9-2-1-6-20(24)14-16-27(29)25-10-3-4-11-26(25)30/h3-5,7-8,10-19H,1-2,6,9H2. The first-order valence-electron chi connectivity index (χ1n) is 13.2. The van der Waals surface area contributed by atoms with E-state index in [0.29, 0.717) is 10.9 Å². The number of hydrogen-bond donors (Lipinski definition) is 0. The average Bonchev–Trinajstić information content (AvgIpc) is 2.94. The third kappa shape index (κ3) is 2.99. The predicted molar refractivity (Wildman–Crippen MR) is 152 cm³/mol. The van der Waals surface area contributed by atoms with Crippen LogP contribution in [0.15, 0.2) is 91.0 Å². The minimum absolute atomic E-state index is 0.259. The van der Waals surface area contributed by atoms with Gasteiger partial charge >= 0.3 is 6.18 Å². The van der Waals surface area contributed by atoms with Crippen LogP contribution in [0.1, 0.15) is 29.5 Å². The van der Waals surface area contributed by atoms with Gasteiger partial charge in [-0.3, -0.25) is 0 Å². The monoisotopic (exact) mass is 500 g/mol. The van der Waals surface area contributed by atoms with E-state index in [1.54, 1.807) is 12.1 Å². The smallest absolute Gasteiger partial charge is 0.166 e. The van der Waals surface area contributed by atoms with Gasteiger partial charge in [0.1, 0.15) is 0 Å². The highest BCUT2D eigenvalue weighted by Gasteiger charge is 2.37. The Kier molecular flexibility index (Phi) is 4.45. The number of benzene rings is 7. The van der Waals surface area contributed by atoms with Gasteiger partial charge in [0.2, 0.25) is 0 Å². The van der Waals surface area contributed by atoms with Crippen LogP contribution in [0.3, 0.4) is 0 Å². The molecule has 0 unspecified atom stereocenters. The second-order valence-corrected chi connectivity index (χ2v) is 10.6. The van der Waals surface area contributed by atoms with E-state index in [9.17, 15) is 0 Å². The average molecular weight is 501 g/mol. The number of aryl methyl sites for hydroxylation is 2. The molecule has 0 bridgehead atoms. The summed E-state index contributed by atoms with van der Waals surface area (Å²) in [5.41, 5.74) is 3.00. The molecule has 184 valence electrons. The summed E-state index contributed by atoms with van der Waals surface area (Å²) in [5, 5.41) is 8.70. The molecule has 0 saturated carbocycles. The van der Waals surface area contributed by atoms with Crippen LogP contribution in [0, 0.1) is 0 Å². The summed E-state index contributed by atoms with van der Waals surface area (Å²) in [4.78, 5) is 0. The molecule has 7 aromatic rings. The molecule has 0 N–H and O–H groups in total. The highest BCUT2D eigenvalue weighted by Crippen LogP contribution is 2.49. The molecule has 7 aromatic carbocycles. The molecule has 0 saturated heterocycles. The zero-order valence-corrected chi connectivity index (χ0v) is 20.6. The summed E-state index contributed by atoms with van der Waals surface area (Å²) in [6.45, 7) is 0. The number of rotatable bonds is 1. The quantitative estimate of drug-likeness (QED) is 0.197. The molecule has 0 radical (unpaired) electrons. The second-order valence-electron chi connectivity index (χ2n) is 10.6. The molecule has 1 aliphatic carbocycles. The lowest BCUT2D eigenvalue weighted by molar-refractivity contribution is -0.135. The Morgan fingerprint density at radius 1 is 0.500 bits per heavy atom. The van der Waals surface area contributed by atoms with Gasteiger partial charge in [0.15, 0.2) is 0 Å². The van der Waals surface area contributed by atoms with Crippen LogP contribution in [0.2, 0.25) is 0 Å². The number of alkyl halides is 3. The first-order valence-corrected chi connectivity index (χ1v) is 13.2. The maximum atomic E-state index is 15.1. The van der Waals surface area contributed by atoms with Crippen molar-refractivity contribution in [2.75, 3.05) is 0 Å². The van der Waals surface area contributed by atoms with E-state index in [1.165, 1.54) is 11.1 Å². The highest BCUT2D eigenvalue weighted by atomic mass is 19.4. The van der Waals surface area contributed by atoms with Crippen molar-refractivity contribution in [2.24, 2.45) is 0 Å². The van der Waals surface area contributed by atoms with Crippen LogP contribution >= 0.6 is 0 Å². The first-order chi connectivity index (χ1) is 18.5. The minimum Gasteiger partial charge on any atom is -0.166 e. The molecule has 0 aromatic heterocycles. The van der Waals surface area contributed by atoms with E-state index in [-0.39, 0.29) is 10.9 Å². The lowest BCUT2D eigenvalue weighted by Gasteiger charge is -2.23. The summed E-state index contributed by atoms with van der Waals surface area (Å²) < 4.78 is 45.3. The number of halogens is 3. The fourth-order valence-corrected chi connectivity index (χ4v) is 6.98. The van der Waals surface area contributed by atoms with E-state index in [0.717, 1.165) is 68.8 Å². The van der Waals surface area contributed by atoms with E-state index >= 15 is 13.2 Å². The molecule has 0 aliphatic heterocycles. The Hall–Kier alpha value is -4.11. The fraction of sp³-hybridized carbons (Fsp3) is 0.143. The predicted octanol–water partition coefficient (Wildman–Crippen LogP) is 10.5. The van der Waals surface area contributed by atoms with Gasteiger partial charge in [0, 0.05) is 0 Å². The van der Waals surface area contributed by atoms with Crippen molar-refractivity contribution >= 4 is 53.9 Å². The summed E-state index contributed by atoms with van der Waals surface area (Å²) in [7, 11) is 0. The van der Waals surface area contributed by atoms with Gasteiger partial charge in [0.25, 0.3) is 0 Å². The molecule has 0 nitrogen and oxygen atoms in total. The van der Waals surface area contributed by atoms with Crippen molar-refractivity contribution in [1.29, 1.82) is 0 Å². The summed E-state index contributed by atoms with van der Waals surface area (Å²) in [6.07, 6.45) is -0.238. The van der Waals surface area contributed by atoms with Gasteiger partial charge in [-0.05, 0) is 114 Å². The Balaban J connectivity index is 1.57. The molecule has 0 spiro atoms. The normalized spacial score (nSPS) is 14.3. The Labute approximate surface area is 217 Å². The zero-order valence-electron chi connectivity index (χ0n) is 20.6. The largest absolute Gasteiger partial charge is 0.417 e. The highest BCUT2D eigenvalue weighted by molar-refractivity contribution is 6.25. The van der Waals surface area contributed by atoms with Gasteiger partial charge in [-0.25, -0.2) is 0 Å². The Morgan fingerprint density at radius 2 is 1.18 bits per heavy atom. The zero-order chi connectivity index (χ0) is 25.6. The van der Waals surface area contributed by atoms with Crippen molar-refractivity contribution in [3.8, 4) is 11.1 Å². The van der Waals surface area contributed by atoms with Gasteiger partial charge in [-0.15, -0.1) is 0 Å². The lowest BCUT2D eigenvalue weighted by atomic mass is 9.82. The molecule has 0 heterocycles. The molecule has 0 atom stereocenters. The lowest BCUT2D eigenvalue weighted by Crippen LogP contribution is -2.09. The molecule has 3 heteroatoms. The van der Waals surface area contributed by atoms with Crippen LogP contribution in [-0.4, -0.2) is 0 Å². The van der Waals surface area contributed by atoms with Gasteiger partial charge in [-0.2, -0.15) is 13.2 Å². The molecule has 0 fully saturated rings. The van der Waals surface area contributed by atoms with Crippen molar-refractivity contribution < 1.29 is 13.2 Å². The third-order valence-corrected chi connectivity index (χ3v) is 8.59. The first kappa shape index (κ1) is 21.9. The van der Waals surface area contributed by atoms with E-state index in [2.05, 4.69) is 18.2 Å². The summed E-state index contributed by atoms with van der Waals surface area (Å²) >= 11 is 0. The Bertz CT molecular complexity index is 2050. The van der Waals surface area contributed by atoms with Crippen molar-refractivity contribution in [2.45, 2.75) is 31.9 Å². The van der Waals surface area contributed by atoms with Crippen LogP contribution in [0.25, 0.3) is 65.0 Å². The van der Waals surface area contributed by atoms with Crippen LogP contribution in [-0.2, 0) is 19.0 Å². The Morgan fingerprint density at radius 3 is 2.00 bits per heavy atom. The SMILES string of the molecule is FC(F)(F)c1c(-c2cc3c4c(ccc3c3ccccc23)CCCC4)cc2ccc3cccc4ccc1c2c34. The molecule has 8 rings (SSSR count). The van der Waals surface area contributed by atoms with Gasteiger partial charge in [-0.1, -0.05) is 78.9 Å². The van der Waals surface area contributed by atoms with E-state index in [1.807, 2.05) is 60.7 Å². The number of hydrogen-bond acceptors (Lipinski definition) is 0. The third-order valence-electron chi connectivity index (χ3n) is 8.59.